The van der Waals surface area contributed by atoms with E-state index in [9.17, 15) is 9.90 Å². The van der Waals surface area contributed by atoms with Crippen molar-refractivity contribution < 1.29 is 19.4 Å². The molecule has 0 aromatic carbocycles. The van der Waals surface area contributed by atoms with E-state index in [2.05, 4.69) is 14.9 Å². The second kappa shape index (κ2) is 8.16. The fourth-order valence-corrected chi connectivity index (χ4v) is 6.18. The van der Waals surface area contributed by atoms with Gasteiger partial charge in [0.1, 0.15) is 17.3 Å². The largest absolute Gasteiger partial charge is 0.481 e. The van der Waals surface area contributed by atoms with Crippen molar-refractivity contribution in [2.45, 2.75) is 57.1 Å². The highest BCUT2D eigenvalue weighted by Gasteiger charge is 2.31. The molecule has 3 heterocycles. The van der Waals surface area contributed by atoms with Crippen molar-refractivity contribution in [1.82, 2.24) is 14.9 Å². The Balaban J connectivity index is 1.31. The topological polar surface area (TPSA) is 84.8 Å². The minimum Gasteiger partial charge on any atom is -0.481 e. The Labute approximate surface area is 174 Å². The van der Waals surface area contributed by atoms with Gasteiger partial charge in [-0.05, 0) is 50.5 Å². The first-order valence-electron chi connectivity index (χ1n) is 10.7. The van der Waals surface area contributed by atoms with Gasteiger partial charge in [0.05, 0.1) is 24.5 Å². The average molecular weight is 418 g/mol. The van der Waals surface area contributed by atoms with Gasteiger partial charge in [0, 0.05) is 24.0 Å². The van der Waals surface area contributed by atoms with Gasteiger partial charge in [-0.15, -0.1) is 11.3 Å². The summed E-state index contributed by atoms with van der Waals surface area (Å²) in [6.07, 6.45) is 8.13. The number of carboxylic acids is 1. The number of ether oxygens (including phenoxy) is 2. The third-order valence-corrected chi connectivity index (χ3v) is 7.84. The quantitative estimate of drug-likeness (QED) is 0.819. The number of thiophene rings is 1. The molecule has 5 rings (SSSR count). The molecule has 0 bridgehead atoms. The van der Waals surface area contributed by atoms with Gasteiger partial charge in [-0.25, -0.2) is 9.97 Å². The lowest BCUT2D eigenvalue weighted by molar-refractivity contribution is -0.142. The first-order chi connectivity index (χ1) is 14.2. The van der Waals surface area contributed by atoms with E-state index in [1.54, 1.807) is 17.7 Å². The number of morpholine rings is 1. The summed E-state index contributed by atoms with van der Waals surface area (Å²) in [5.74, 6) is -0.388. The monoisotopic (exact) mass is 417 g/mol. The van der Waals surface area contributed by atoms with Crippen LogP contribution in [0.3, 0.4) is 0 Å². The molecule has 0 amide bonds. The highest BCUT2D eigenvalue weighted by atomic mass is 32.1. The lowest BCUT2D eigenvalue weighted by atomic mass is 9.87. The van der Waals surface area contributed by atoms with E-state index in [-0.39, 0.29) is 12.0 Å². The van der Waals surface area contributed by atoms with Crippen molar-refractivity contribution in [3.63, 3.8) is 0 Å². The molecule has 2 aliphatic carbocycles. The van der Waals surface area contributed by atoms with Crippen LogP contribution in [0, 0.1) is 5.92 Å². The Morgan fingerprint density at radius 2 is 1.97 bits per heavy atom. The molecule has 0 unspecified atom stereocenters. The zero-order chi connectivity index (χ0) is 19.8. The van der Waals surface area contributed by atoms with Gasteiger partial charge in [-0.3, -0.25) is 9.69 Å². The first kappa shape index (κ1) is 19.2. The number of hydrogen-bond donors (Lipinski definition) is 1. The molecule has 2 aromatic heterocycles. The number of rotatable bonds is 4. The molecule has 0 spiro atoms. The number of aromatic nitrogens is 2. The normalized spacial score (nSPS) is 28.2. The highest BCUT2D eigenvalue weighted by Crippen LogP contribution is 2.41. The minimum atomic E-state index is -0.712. The number of carbonyl (C=O) groups is 1. The summed E-state index contributed by atoms with van der Waals surface area (Å²) < 4.78 is 11.9. The van der Waals surface area contributed by atoms with Crippen LogP contribution in [0.4, 0.5) is 0 Å². The third kappa shape index (κ3) is 3.85. The lowest BCUT2D eigenvalue weighted by Gasteiger charge is -2.38. The van der Waals surface area contributed by atoms with Crippen LogP contribution in [-0.4, -0.2) is 64.4 Å². The third-order valence-electron chi connectivity index (χ3n) is 6.64. The SMILES string of the molecule is O=C(O)[C@H]1CCc2sc3ncnc(O[C@H]4CC[C@H](N5CCOCC5)CC4)c3c2C1. The average Bonchev–Trinajstić information content (AvgIpc) is 3.13. The second-order valence-electron chi connectivity index (χ2n) is 8.34. The van der Waals surface area contributed by atoms with Crippen LogP contribution in [0.2, 0.25) is 0 Å². The zero-order valence-electron chi connectivity index (χ0n) is 16.5. The molecule has 1 aliphatic heterocycles. The predicted octanol–water partition coefficient (Wildman–Crippen LogP) is 2.90. The van der Waals surface area contributed by atoms with E-state index < -0.39 is 5.97 Å². The molecule has 1 atom stereocenters. The van der Waals surface area contributed by atoms with Gasteiger partial charge >= 0.3 is 5.97 Å². The van der Waals surface area contributed by atoms with Crippen molar-refractivity contribution in [2.75, 3.05) is 26.3 Å². The van der Waals surface area contributed by atoms with Crippen molar-refractivity contribution >= 4 is 27.5 Å². The molecular weight excluding hydrogens is 390 g/mol. The van der Waals surface area contributed by atoms with Crippen molar-refractivity contribution in [1.29, 1.82) is 0 Å². The summed E-state index contributed by atoms with van der Waals surface area (Å²) in [6.45, 7) is 3.76. The van der Waals surface area contributed by atoms with Crippen molar-refractivity contribution in [2.24, 2.45) is 5.92 Å². The van der Waals surface area contributed by atoms with E-state index in [1.165, 1.54) is 4.88 Å². The van der Waals surface area contributed by atoms with Crippen LogP contribution in [0.1, 0.15) is 42.5 Å². The van der Waals surface area contributed by atoms with E-state index >= 15 is 0 Å². The molecule has 2 aromatic rings. The summed E-state index contributed by atoms with van der Waals surface area (Å²) >= 11 is 1.67. The van der Waals surface area contributed by atoms with E-state index in [0.29, 0.717) is 24.8 Å². The number of fused-ring (bicyclic) bond motifs is 3. The molecule has 2 fully saturated rings. The number of carboxylic acid groups (broad SMARTS) is 1. The van der Waals surface area contributed by atoms with Crippen LogP contribution in [0.25, 0.3) is 10.2 Å². The molecular formula is C21H27N3O4S. The zero-order valence-corrected chi connectivity index (χ0v) is 17.3. The number of aryl methyl sites for hydroxylation is 1. The van der Waals surface area contributed by atoms with Crippen molar-refractivity contribution in [3.05, 3.63) is 16.8 Å². The standard InChI is InChI=1S/C21H27N3O4S/c25-21(26)13-1-6-17-16(11-13)18-19(22-12-23-20(18)29-17)28-15-4-2-14(3-5-15)24-7-9-27-10-8-24/h12-15H,1-11H2,(H,25,26)/t13-,14-,15-/m0/s1. The van der Waals surface area contributed by atoms with Crippen LogP contribution in [0.15, 0.2) is 6.33 Å². The molecule has 1 saturated heterocycles. The van der Waals surface area contributed by atoms with Crippen LogP contribution in [-0.2, 0) is 22.4 Å². The van der Waals surface area contributed by atoms with Gasteiger partial charge < -0.3 is 14.6 Å². The highest BCUT2D eigenvalue weighted by molar-refractivity contribution is 7.18. The van der Waals surface area contributed by atoms with Gasteiger partial charge in [0.25, 0.3) is 0 Å². The summed E-state index contributed by atoms with van der Waals surface area (Å²) in [5, 5.41) is 10.4. The Kier molecular flexibility index (Phi) is 5.41. The summed E-state index contributed by atoms with van der Waals surface area (Å²) in [6, 6.07) is 0.634. The van der Waals surface area contributed by atoms with Crippen LogP contribution in [0.5, 0.6) is 5.88 Å². The fourth-order valence-electron chi connectivity index (χ4n) is 5.01. The van der Waals surface area contributed by atoms with E-state index in [1.807, 2.05) is 0 Å². The molecule has 3 aliphatic rings. The maximum absolute atomic E-state index is 11.5. The smallest absolute Gasteiger partial charge is 0.306 e. The van der Waals surface area contributed by atoms with Gasteiger partial charge in [0.15, 0.2) is 0 Å². The molecule has 7 nitrogen and oxygen atoms in total. The van der Waals surface area contributed by atoms with E-state index in [4.69, 9.17) is 9.47 Å². The Hall–Kier alpha value is -1.77. The molecule has 8 heteroatoms. The summed E-state index contributed by atoms with van der Waals surface area (Å²) in [7, 11) is 0. The minimum absolute atomic E-state index is 0.166. The van der Waals surface area contributed by atoms with Crippen molar-refractivity contribution in [3.8, 4) is 5.88 Å². The Morgan fingerprint density at radius 3 is 2.72 bits per heavy atom. The first-order valence-corrected chi connectivity index (χ1v) is 11.5. The van der Waals surface area contributed by atoms with Crippen LogP contribution < -0.4 is 4.74 Å². The Bertz CT molecular complexity index is 887. The Morgan fingerprint density at radius 1 is 1.17 bits per heavy atom. The maximum Gasteiger partial charge on any atom is 0.306 e. The van der Waals surface area contributed by atoms with Gasteiger partial charge in [0.2, 0.25) is 5.88 Å². The molecule has 156 valence electrons. The number of aliphatic carboxylic acids is 1. The summed E-state index contributed by atoms with van der Waals surface area (Å²) in [5.41, 5.74) is 1.10. The second-order valence-corrected chi connectivity index (χ2v) is 9.42. The lowest BCUT2D eigenvalue weighted by Crippen LogP contribution is -2.46. The summed E-state index contributed by atoms with van der Waals surface area (Å²) in [4.78, 5) is 25.2. The molecule has 29 heavy (non-hydrogen) atoms. The predicted molar refractivity (Wildman–Crippen MR) is 110 cm³/mol. The van der Waals surface area contributed by atoms with E-state index in [0.717, 1.165) is 74.2 Å². The molecule has 0 radical (unpaired) electrons. The van der Waals surface area contributed by atoms with Gasteiger partial charge in [-0.2, -0.15) is 0 Å². The molecule has 1 saturated carbocycles. The number of nitrogens with zero attached hydrogens (tertiary/aromatic N) is 3. The molecule has 1 N–H and O–H groups in total. The van der Waals surface area contributed by atoms with Gasteiger partial charge in [-0.1, -0.05) is 0 Å². The number of hydrogen-bond acceptors (Lipinski definition) is 7. The van der Waals surface area contributed by atoms with Crippen LogP contribution >= 0.6 is 11.3 Å². The maximum atomic E-state index is 11.5. The fraction of sp³-hybridized carbons (Fsp3) is 0.667.